The molecule has 1 aliphatic rings. The van der Waals surface area contributed by atoms with E-state index >= 15 is 0 Å². The molecule has 2 rings (SSSR count). The van der Waals surface area contributed by atoms with E-state index < -0.39 is 5.97 Å². The first-order valence-electron chi connectivity index (χ1n) is 4.28. The Morgan fingerprint density at radius 3 is 2.69 bits per heavy atom. The van der Waals surface area contributed by atoms with Crippen LogP contribution in [0, 0.1) is 0 Å². The maximum atomic E-state index is 10.5. The maximum absolute atomic E-state index is 10.5. The molecule has 3 heteroatoms. The summed E-state index contributed by atoms with van der Waals surface area (Å²) >= 11 is 0. The minimum Gasteiger partial charge on any atom is -0.480 e. The molecule has 1 unspecified atom stereocenters. The molecule has 1 aromatic rings. The van der Waals surface area contributed by atoms with Gasteiger partial charge in [-0.2, -0.15) is 0 Å². The van der Waals surface area contributed by atoms with Gasteiger partial charge in [0, 0.05) is 13.1 Å². The Hall–Kier alpha value is -1.35. The van der Waals surface area contributed by atoms with E-state index in [1.165, 1.54) is 5.56 Å². The molecule has 68 valence electrons. The fourth-order valence-electron chi connectivity index (χ4n) is 1.40. The summed E-state index contributed by atoms with van der Waals surface area (Å²) < 4.78 is 0. The SMILES string of the molecule is O=C(O)[C@H]1CN1Cc1ccccc1. The molecule has 1 fully saturated rings. The summed E-state index contributed by atoms with van der Waals surface area (Å²) in [5.41, 5.74) is 1.17. The molecule has 0 bridgehead atoms. The van der Waals surface area contributed by atoms with Crippen molar-refractivity contribution in [3.05, 3.63) is 35.9 Å². The third kappa shape index (κ3) is 1.87. The van der Waals surface area contributed by atoms with Gasteiger partial charge in [-0.15, -0.1) is 0 Å². The normalized spacial score (nSPS) is 25.5. The molecular formula is C10H11NO2. The second-order valence-corrected chi connectivity index (χ2v) is 3.27. The third-order valence-corrected chi connectivity index (χ3v) is 2.23. The molecule has 1 aromatic carbocycles. The van der Waals surface area contributed by atoms with Crippen LogP contribution in [0.15, 0.2) is 30.3 Å². The van der Waals surface area contributed by atoms with Crippen LogP contribution in [-0.4, -0.2) is 28.6 Å². The van der Waals surface area contributed by atoms with Crippen LogP contribution in [0.1, 0.15) is 5.56 Å². The highest BCUT2D eigenvalue weighted by Crippen LogP contribution is 2.20. The van der Waals surface area contributed by atoms with Crippen LogP contribution in [0.3, 0.4) is 0 Å². The number of carboxylic acid groups (broad SMARTS) is 1. The van der Waals surface area contributed by atoms with Gasteiger partial charge >= 0.3 is 5.97 Å². The summed E-state index contributed by atoms with van der Waals surface area (Å²) in [7, 11) is 0. The van der Waals surface area contributed by atoms with Gasteiger partial charge in [0.15, 0.2) is 0 Å². The lowest BCUT2D eigenvalue weighted by Crippen LogP contribution is -2.11. The van der Waals surface area contributed by atoms with E-state index in [0.29, 0.717) is 6.54 Å². The second kappa shape index (κ2) is 3.18. The zero-order valence-corrected chi connectivity index (χ0v) is 7.18. The lowest BCUT2D eigenvalue weighted by atomic mass is 10.2. The lowest BCUT2D eigenvalue weighted by molar-refractivity contribution is -0.137. The molecule has 0 aromatic heterocycles. The zero-order valence-electron chi connectivity index (χ0n) is 7.18. The van der Waals surface area contributed by atoms with Gasteiger partial charge in [0.2, 0.25) is 0 Å². The summed E-state index contributed by atoms with van der Waals surface area (Å²) in [6, 6.07) is 9.66. The molecule has 1 heterocycles. The summed E-state index contributed by atoms with van der Waals surface area (Å²) in [5.74, 6) is -0.712. The minimum absolute atomic E-state index is 0.250. The fraction of sp³-hybridized carbons (Fsp3) is 0.300. The van der Waals surface area contributed by atoms with Crippen molar-refractivity contribution in [3.63, 3.8) is 0 Å². The molecule has 0 amide bonds. The van der Waals surface area contributed by atoms with E-state index in [1.54, 1.807) is 0 Å². The highest BCUT2D eigenvalue weighted by Gasteiger charge is 2.39. The number of benzene rings is 1. The Morgan fingerprint density at radius 2 is 2.15 bits per heavy atom. The number of rotatable bonds is 3. The molecular weight excluding hydrogens is 166 g/mol. The van der Waals surface area contributed by atoms with Gasteiger partial charge in [-0.25, -0.2) is 0 Å². The number of hydrogen-bond donors (Lipinski definition) is 1. The maximum Gasteiger partial charge on any atom is 0.322 e. The number of hydrogen-bond acceptors (Lipinski definition) is 2. The van der Waals surface area contributed by atoms with Gasteiger partial charge in [-0.05, 0) is 5.56 Å². The first-order chi connectivity index (χ1) is 6.27. The van der Waals surface area contributed by atoms with Crippen molar-refractivity contribution in [3.8, 4) is 0 Å². The molecule has 0 spiro atoms. The molecule has 0 aliphatic carbocycles. The standard InChI is InChI=1S/C10H11NO2/c12-10(13)9-7-11(9)6-8-4-2-1-3-5-8/h1-5,9H,6-7H2,(H,12,13)/t9-,11?/m1/s1. The van der Waals surface area contributed by atoms with Crippen LogP contribution in [0.25, 0.3) is 0 Å². The van der Waals surface area contributed by atoms with E-state index in [0.717, 1.165) is 6.54 Å². The molecule has 1 N–H and O–H groups in total. The van der Waals surface area contributed by atoms with Crippen LogP contribution >= 0.6 is 0 Å². The first kappa shape index (κ1) is 8.26. The second-order valence-electron chi connectivity index (χ2n) is 3.27. The van der Waals surface area contributed by atoms with Gasteiger partial charge in [0.05, 0.1) is 0 Å². The Labute approximate surface area is 76.6 Å². The van der Waals surface area contributed by atoms with Crippen molar-refractivity contribution < 1.29 is 9.90 Å². The van der Waals surface area contributed by atoms with Gasteiger partial charge in [-0.1, -0.05) is 30.3 Å². The molecule has 13 heavy (non-hydrogen) atoms. The number of aliphatic carboxylic acids is 1. The van der Waals surface area contributed by atoms with Crippen LogP contribution in [0.2, 0.25) is 0 Å². The van der Waals surface area contributed by atoms with E-state index in [9.17, 15) is 4.79 Å². The van der Waals surface area contributed by atoms with Crippen molar-refractivity contribution in [2.45, 2.75) is 12.6 Å². The minimum atomic E-state index is -0.712. The highest BCUT2D eigenvalue weighted by atomic mass is 16.4. The van der Waals surface area contributed by atoms with Gasteiger partial charge in [0.1, 0.15) is 6.04 Å². The molecule has 2 atom stereocenters. The van der Waals surface area contributed by atoms with Crippen LogP contribution in [-0.2, 0) is 11.3 Å². The average Bonchev–Trinajstić information content (AvgIpc) is 2.86. The van der Waals surface area contributed by atoms with Crippen molar-refractivity contribution in [1.82, 2.24) is 4.90 Å². The van der Waals surface area contributed by atoms with Crippen LogP contribution in [0.5, 0.6) is 0 Å². The largest absolute Gasteiger partial charge is 0.480 e. The predicted octanol–water partition coefficient (Wildman–Crippen LogP) is 0.955. The van der Waals surface area contributed by atoms with Crippen molar-refractivity contribution in [1.29, 1.82) is 0 Å². The topological polar surface area (TPSA) is 40.3 Å². The quantitative estimate of drug-likeness (QED) is 0.699. The summed E-state index contributed by atoms with van der Waals surface area (Å²) in [6.07, 6.45) is 0. The van der Waals surface area contributed by atoms with E-state index in [2.05, 4.69) is 0 Å². The predicted molar refractivity (Wildman–Crippen MR) is 48.3 cm³/mol. The van der Waals surface area contributed by atoms with E-state index in [1.807, 2.05) is 35.2 Å². The Bertz CT molecular complexity index is 310. The van der Waals surface area contributed by atoms with Gasteiger partial charge < -0.3 is 5.11 Å². The number of nitrogens with zero attached hydrogens (tertiary/aromatic N) is 1. The number of carbonyl (C=O) groups is 1. The number of carboxylic acids is 1. The summed E-state index contributed by atoms with van der Waals surface area (Å²) in [4.78, 5) is 12.4. The Balaban J connectivity index is 1.92. The summed E-state index contributed by atoms with van der Waals surface area (Å²) in [6.45, 7) is 1.43. The average molecular weight is 177 g/mol. The molecule has 1 saturated heterocycles. The smallest absolute Gasteiger partial charge is 0.322 e. The van der Waals surface area contributed by atoms with Crippen LogP contribution < -0.4 is 0 Å². The summed E-state index contributed by atoms with van der Waals surface area (Å²) in [5, 5.41) is 8.66. The highest BCUT2D eigenvalue weighted by molar-refractivity contribution is 5.76. The molecule has 1 aliphatic heterocycles. The van der Waals surface area contributed by atoms with E-state index in [-0.39, 0.29) is 6.04 Å². The third-order valence-electron chi connectivity index (χ3n) is 2.23. The van der Waals surface area contributed by atoms with Crippen molar-refractivity contribution >= 4 is 5.97 Å². The Kier molecular flexibility index (Phi) is 2.02. The monoisotopic (exact) mass is 177 g/mol. The van der Waals surface area contributed by atoms with Crippen LogP contribution in [0.4, 0.5) is 0 Å². The lowest BCUT2D eigenvalue weighted by Gasteiger charge is -2.00. The fourth-order valence-corrected chi connectivity index (χ4v) is 1.40. The van der Waals surface area contributed by atoms with E-state index in [4.69, 9.17) is 5.11 Å². The molecule has 0 saturated carbocycles. The molecule has 0 radical (unpaired) electrons. The van der Waals surface area contributed by atoms with Crippen molar-refractivity contribution in [2.24, 2.45) is 0 Å². The first-order valence-corrected chi connectivity index (χ1v) is 4.28. The Morgan fingerprint density at radius 1 is 1.46 bits per heavy atom. The van der Waals surface area contributed by atoms with Crippen molar-refractivity contribution in [2.75, 3.05) is 6.54 Å². The van der Waals surface area contributed by atoms with Gasteiger partial charge in [0.25, 0.3) is 0 Å². The van der Waals surface area contributed by atoms with Gasteiger partial charge in [-0.3, -0.25) is 9.69 Å². The molecule has 3 nitrogen and oxygen atoms in total. The zero-order chi connectivity index (χ0) is 9.26.